The fraction of sp³-hybridized carbons (Fsp3) is 0.525. The maximum Gasteiger partial charge on any atom is 0.408 e. The van der Waals surface area contributed by atoms with Gasteiger partial charge < -0.3 is 30.7 Å². The van der Waals surface area contributed by atoms with Crippen molar-refractivity contribution in [1.82, 2.24) is 21.3 Å². The molecule has 2 aromatic rings. The molecule has 13 heteroatoms. The van der Waals surface area contributed by atoms with Gasteiger partial charge in [-0.15, -0.1) is 0 Å². The van der Waals surface area contributed by atoms with Gasteiger partial charge in [-0.25, -0.2) is 4.79 Å². The first-order valence-electron chi connectivity index (χ1n) is 18.1. The highest BCUT2D eigenvalue weighted by Crippen LogP contribution is 2.28. The molecule has 53 heavy (non-hydrogen) atoms. The van der Waals surface area contributed by atoms with Crippen molar-refractivity contribution >= 4 is 41.1 Å². The van der Waals surface area contributed by atoms with Gasteiger partial charge in [0.1, 0.15) is 18.2 Å². The molecule has 1 aliphatic rings. The lowest BCUT2D eigenvalue weighted by atomic mass is 9.98. The Bertz CT molecular complexity index is 1420. The quantitative estimate of drug-likeness (QED) is 0.145. The van der Waals surface area contributed by atoms with Crippen molar-refractivity contribution in [2.45, 2.75) is 118 Å². The van der Waals surface area contributed by atoms with Crippen LogP contribution < -0.4 is 21.3 Å². The van der Waals surface area contributed by atoms with Crippen LogP contribution in [0.2, 0.25) is 0 Å². The molecule has 4 amide bonds. The number of carbonyl (C=O) groups is 5. The van der Waals surface area contributed by atoms with E-state index in [0.29, 0.717) is 12.3 Å². The Kier molecular flexibility index (Phi) is 24.8. The number of amides is 4. The molecule has 0 saturated carbocycles. The van der Waals surface area contributed by atoms with Crippen molar-refractivity contribution in [3.63, 3.8) is 0 Å². The number of hydrogen-bond acceptors (Lipinski definition) is 8. The third-order valence-electron chi connectivity index (χ3n) is 7.10. The number of rotatable bonds is 14. The molecule has 4 N–H and O–H groups in total. The van der Waals surface area contributed by atoms with E-state index in [1.165, 1.54) is 35.3 Å². The monoisotopic (exact) mass is 758 g/mol. The Hall–Kier alpha value is -4.52. The number of benzene rings is 2. The lowest BCUT2D eigenvalue weighted by molar-refractivity contribution is -0.155. The normalized spacial score (nSPS) is 14.0. The number of carbonyl (C=O) groups excluding carboxylic acids is 5. The van der Waals surface area contributed by atoms with Gasteiger partial charge >= 0.3 is 12.1 Å². The number of esters is 1. The molecule has 3 rings (SSSR count). The summed E-state index contributed by atoms with van der Waals surface area (Å²) in [5.74, 6) is -0.761. The van der Waals surface area contributed by atoms with Crippen LogP contribution in [0.15, 0.2) is 66.1 Å². The Balaban J connectivity index is 0.000000936. The fourth-order valence-electron chi connectivity index (χ4n) is 4.75. The van der Waals surface area contributed by atoms with E-state index in [4.69, 9.17) is 9.47 Å². The highest BCUT2D eigenvalue weighted by Gasteiger charge is 2.28. The van der Waals surface area contributed by atoms with E-state index in [0.717, 1.165) is 18.4 Å². The van der Waals surface area contributed by atoms with Crippen molar-refractivity contribution < 1.29 is 37.7 Å². The van der Waals surface area contributed by atoms with Gasteiger partial charge in [0.05, 0.1) is 19.0 Å². The second kappa shape index (κ2) is 27.1. The number of alkyl carbamates (subject to hydrolysis) is 1. The maximum absolute atomic E-state index is 12.4. The van der Waals surface area contributed by atoms with Crippen molar-refractivity contribution in [2.24, 2.45) is 5.92 Å². The molecule has 12 nitrogen and oxygen atoms in total. The van der Waals surface area contributed by atoms with Crippen LogP contribution in [-0.2, 0) is 58.9 Å². The Morgan fingerprint density at radius 3 is 1.96 bits per heavy atom. The summed E-state index contributed by atoms with van der Waals surface area (Å²) in [5.41, 5.74) is 3.00. The van der Waals surface area contributed by atoms with Gasteiger partial charge in [0.2, 0.25) is 18.2 Å². The predicted octanol–water partition coefficient (Wildman–Crippen LogP) is 5.50. The van der Waals surface area contributed by atoms with Gasteiger partial charge in [0, 0.05) is 28.5 Å². The van der Waals surface area contributed by atoms with Crippen LogP contribution in [0, 0.1) is 5.92 Å². The molecule has 0 heterocycles. The van der Waals surface area contributed by atoms with E-state index >= 15 is 0 Å². The van der Waals surface area contributed by atoms with Crippen LogP contribution in [0.25, 0.3) is 0 Å². The van der Waals surface area contributed by atoms with E-state index in [9.17, 15) is 28.2 Å². The molecule has 296 valence electrons. The lowest BCUT2D eigenvalue weighted by Crippen LogP contribution is -2.49. The third-order valence-corrected chi connectivity index (χ3v) is 7.64. The smallest absolute Gasteiger partial charge is 0.408 e. The molecule has 0 fully saturated rings. The van der Waals surface area contributed by atoms with Crippen LogP contribution in [0.4, 0.5) is 4.79 Å². The van der Waals surface area contributed by atoms with Crippen molar-refractivity contribution in [1.29, 1.82) is 0 Å². The molecule has 0 aromatic heterocycles. The summed E-state index contributed by atoms with van der Waals surface area (Å²) in [6.45, 7) is 17.1. The second-order valence-electron chi connectivity index (χ2n) is 13.2. The van der Waals surface area contributed by atoms with Crippen LogP contribution in [-0.4, -0.2) is 71.0 Å². The Morgan fingerprint density at radius 2 is 1.45 bits per heavy atom. The topological polar surface area (TPSA) is 169 Å². The first kappa shape index (κ1) is 48.5. The molecule has 0 radical (unpaired) electrons. The SMILES string of the molecule is CC.CC(NC(=O)[C@H](C)NC(=O)OCc1ccccc1)C1Cc2ccccc2C1.CCC.CS(=O)/C=C/C(CC(=O)OC(C)(C)C)NC(=O)CNC=O. The molecule has 2 aromatic carbocycles. The summed E-state index contributed by atoms with van der Waals surface area (Å²) in [7, 11) is -1.20. The summed E-state index contributed by atoms with van der Waals surface area (Å²) < 4.78 is 21.4. The number of fused-ring (bicyclic) bond motifs is 1. The van der Waals surface area contributed by atoms with E-state index in [1.807, 2.05) is 51.1 Å². The van der Waals surface area contributed by atoms with Gasteiger partial charge in [0.15, 0.2) is 0 Å². The van der Waals surface area contributed by atoms with Crippen LogP contribution >= 0.6 is 0 Å². The van der Waals surface area contributed by atoms with Gasteiger partial charge in [-0.2, -0.15) is 0 Å². The molecule has 0 saturated heterocycles. The third kappa shape index (κ3) is 22.9. The highest BCUT2D eigenvalue weighted by molar-refractivity contribution is 7.87. The largest absolute Gasteiger partial charge is 0.460 e. The number of ether oxygens (including phenoxy) is 2. The molecule has 3 unspecified atom stereocenters. The minimum Gasteiger partial charge on any atom is -0.460 e. The van der Waals surface area contributed by atoms with Crippen LogP contribution in [0.5, 0.6) is 0 Å². The van der Waals surface area contributed by atoms with Crippen LogP contribution in [0.1, 0.15) is 91.8 Å². The Morgan fingerprint density at radius 1 is 0.906 bits per heavy atom. The van der Waals surface area contributed by atoms with E-state index in [2.05, 4.69) is 59.4 Å². The van der Waals surface area contributed by atoms with Crippen molar-refractivity contribution in [2.75, 3.05) is 12.8 Å². The van der Waals surface area contributed by atoms with E-state index < -0.39 is 46.5 Å². The molecule has 0 aliphatic heterocycles. The zero-order valence-corrected chi connectivity index (χ0v) is 34.0. The zero-order chi connectivity index (χ0) is 40.4. The van der Waals surface area contributed by atoms with Crippen molar-refractivity contribution in [3.05, 3.63) is 82.8 Å². The molecular weight excluding hydrogens is 697 g/mol. The number of nitrogens with one attached hydrogen (secondary N) is 4. The van der Waals surface area contributed by atoms with Crippen molar-refractivity contribution in [3.8, 4) is 0 Å². The summed E-state index contributed by atoms with van der Waals surface area (Å²) in [6.07, 6.45) is 5.85. The summed E-state index contributed by atoms with van der Waals surface area (Å²) in [4.78, 5) is 57.7. The molecule has 0 bridgehead atoms. The zero-order valence-electron chi connectivity index (χ0n) is 33.2. The minimum absolute atomic E-state index is 0.0366. The molecular formula is C40H62N4O8S. The second-order valence-corrected chi connectivity index (χ2v) is 14.4. The average molecular weight is 759 g/mol. The highest BCUT2D eigenvalue weighted by atomic mass is 32.2. The van der Waals surface area contributed by atoms with E-state index in [1.54, 1.807) is 27.7 Å². The molecule has 1 aliphatic carbocycles. The summed E-state index contributed by atoms with van der Waals surface area (Å²) in [6, 6.07) is 16.6. The van der Waals surface area contributed by atoms with Gasteiger partial charge in [-0.1, -0.05) is 94.8 Å². The predicted molar refractivity (Wildman–Crippen MR) is 211 cm³/mol. The Labute approximate surface area is 319 Å². The average Bonchev–Trinajstić information content (AvgIpc) is 3.55. The first-order valence-corrected chi connectivity index (χ1v) is 19.7. The molecule has 4 atom stereocenters. The van der Waals surface area contributed by atoms with Gasteiger partial charge in [-0.3, -0.25) is 23.4 Å². The van der Waals surface area contributed by atoms with Gasteiger partial charge in [0.25, 0.3) is 0 Å². The standard InChI is InChI=1S/C22H26N2O3.C13H22N2O5S.C3H8.C2H6/c1-15(20-12-18-10-6-7-11-19(18)13-20)23-21(25)16(2)24-22(26)27-14-17-8-4-3-5-9-17;1-13(2,3)20-12(18)7-10(5-6-21(4)19)15-11(17)8-14-9-16;1-3-2;1-2/h3-11,15-16,20H,12-14H2,1-2H3,(H,23,25)(H,24,26);5-6,9-10H,7-8H2,1-4H3,(H,14,16)(H,15,17);3H2,1-2H3;1-2H3/b;6-5+;;/t15?,16-;;;/m0.../s1. The molecule has 0 spiro atoms. The maximum atomic E-state index is 12.4. The van der Waals surface area contributed by atoms with E-state index in [-0.39, 0.29) is 31.5 Å². The number of hydrogen-bond donors (Lipinski definition) is 4. The van der Waals surface area contributed by atoms with Crippen LogP contribution in [0.3, 0.4) is 0 Å². The summed E-state index contributed by atoms with van der Waals surface area (Å²) in [5, 5.41) is 11.8. The fourth-order valence-corrected chi connectivity index (χ4v) is 5.16. The van der Waals surface area contributed by atoms with Gasteiger partial charge in [-0.05, 0) is 70.1 Å². The first-order chi connectivity index (χ1) is 25.1. The lowest BCUT2D eigenvalue weighted by Gasteiger charge is -2.23. The summed E-state index contributed by atoms with van der Waals surface area (Å²) >= 11 is 0. The minimum atomic E-state index is -1.20.